The number of nitrogens with zero attached hydrogens (tertiary/aromatic N) is 6. The van der Waals surface area contributed by atoms with Gasteiger partial charge in [0.2, 0.25) is 11.4 Å². The van der Waals surface area contributed by atoms with Crippen molar-refractivity contribution < 1.29 is 17.7 Å². The zero-order valence-electron chi connectivity index (χ0n) is 78.5. The van der Waals surface area contributed by atoms with Crippen molar-refractivity contribution in [2.45, 2.75) is 218 Å². The minimum atomic E-state index is -0.159. The van der Waals surface area contributed by atoms with Gasteiger partial charge in [0, 0.05) is 94.2 Å². The molecule has 10 nitrogen and oxygen atoms in total. The number of furan rings is 4. The molecule has 0 saturated heterocycles. The Bertz CT molecular complexity index is 8480. The van der Waals surface area contributed by atoms with E-state index in [1.807, 2.05) is 0 Å². The smallest absolute Gasteiger partial charge is 0.213 e. The molecule has 6 aliphatic heterocycles. The van der Waals surface area contributed by atoms with Crippen molar-refractivity contribution in [3.63, 3.8) is 0 Å². The Hall–Kier alpha value is -13.4. The molecule has 0 radical (unpaired) electrons. The molecule has 6 aromatic heterocycles. The summed E-state index contributed by atoms with van der Waals surface area (Å²) >= 11 is 0. The van der Waals surface area contributed by atoms with Gasteiger partial charge in [-0.15, -0.1) is 0 Å². The molecular formula is C122H110N6O4. The van der Waals surface area contributed by atoms with Gasteiger partial charge in [0.05, 0.1) is 83.8 Å². The third kappa shape index (κ3) is 10.2. The van der Waals surface area contributed by atoms with Gasteiger partial charge < -0.3 is 37.3 Å². The van der Waals surface area contributed by atoms with E-state index in [0.29, 0.717) is 0 Å². The van der Waals surface area contributed by atoms with Crippen molar-refractivity contribution in [2.24, 2.45) is 0 Å². The Labute approximate surface area is 770 Å². The predicted octanol–water partition coefficient (Wildman–Crippen LogP) is 34.1. The number of hydrogen-bond acceptors (Lipinski definition) is 8. The van der Waals surface area contributed by atoms with Gasteiger partial charge in [-0.25, -0.2) is 0 Å². The molecule has 12 heterocycles. The third-order valence-electron chi connectivity index (χ3n) is 33.7. The maximum atomic E-state index is 7.07. The molecule has 28 rings (SSSR count). The maximum absolute atomic E-state index is 7.07. The number of para-hydroxylation sites is 7. The largest absolute Gasteiger partial charge is 0.456 e. The lowest BCUT2D eigenvalue weighted by molar-refractivity contribution is 0.195. The third-order valence-corrected chi connectivity index (χ3v) is 33.7. The monoisotopic (exact) mass is 1720 g/mol. The van der Waals surface area contributed by atoms with Crippen molar-refractivity contribution in [3.8, 4) is 11.4 Å². The van der Waals surface area contributed by atoms with Gasteiger partial charge in [-0.3, -0.25) is 9.13 Å². The zero-order chi connectivity index (χ0) is 89.6. The summed E-state index contributed by atoms with van der Waals surface area (Å²) in [6.07, 6.45) is 9.44. The predicted molar refractivity (Wildman–Crippen MR) is 547 cm³/mol. The van der Waals surface area contributed by atoms with Crippen molar-refractivity contribution >= 4 is 167 Å². The van der Waals surface area contributed by atoms with Gasteiger partial charge in [0.15, 0.2) is 5.58 Å². The average Bonchev–Trinajstić information content (AvgIpc) is 1.48. The summed E-state index contributed by atoms with van der Waals surface area (Å²) in [6, 6.07) is 101. The molecule has 20 aromatic rings. The van der Waals surface area contributed by atoms with Crippen LogP contribution in [0.1, 0.15) is 241 Å². The number of fused-ring (bicyclic) bond motifs is 30. The molecule has 10 heteroatoms. The minimum absolute atomic E-state index is 0.0122. The van der Waals surface area contributed by atoms with E-state index in [0.717, 1.165) is 114 Å². The molecule has 132 heavy (non-hydrogen) atoms. The first kappa shape index (κ1) is 78.4. The Kier molecular flexibility index (Phi) is 15.6. The number of rotatable bonds is 4. The van der Waals surface area contributed by atoms with Crippen LogP contribution in [0.15, 0.2) is 285 Å². The minimum Gasteiger partial charge on any atom is -0.456 e. The summed E-state index contributed by atoms with van der Waals surface area (Å²) in [5.41, 5.74) is 39.9. The van der Waals surface area contributed by atoms with Gasteiger partial charge in [-0.1, -0.05) is 299 Å². The summed E-state index contributed by atoms with van der Waals surface area (Å²) < 4.78 is 32.8. The fourth-order valence-electron chi connectivity index (χ4n) is 26.6. The van der Waals surface area contributed by atoms with Crippen LogP contribution in [0.5, 0.6) is 0 Å². The SMILES string of the molecule is CC(C)(C)c1ccc2c(c1)N(c1cccc3c1oc1ccccc13)c1cc(N3c4ccc(C(C)(C)C)cc4C4(C)CCCCC34C)cc3c1C2c1cccc2c4c5ccccc5oc4n-3c12.CC(C)(C)c1ccc2c(c1)N(c1cccc3oc4ccccc4c13)c1cc(N3c4ccc(C(C)(C)C)cc4C4(C)CCCCC34C)cc3c1C2c1cccc2c4c5ccccc5oc4n-3c12. The maximum Gasteiger partial charge on any atom is 0.213 e. The Balaban J connectivity index is 0.000000135. The van der Waals surface area contributed by atoms with Crippen LogP contribution in [0.3, 0.4) is 0 Å². The molecule has 0 spiro atoms. The first-order valence-corrected chi connectivity index (χ1v) is 48.4. The number of hydrogen-bond donors (Lipinski definition) is 0. The highest BCUT2D eigenvalue weighted by Gasteiger charge is 2.61. The van der Waals surface area contributed by atoms with Crippen molar-refractivity contribution in [3.05, 3.63) is 334 Å². The highest BCUT2D eigenvalue weighted by Crippen LogP contribution is 2.69. The summed E-state index contributed by atoms with van der Waals surface area (Å²) in [6.45, 7) is 38.4. The second-order valence-electron chi connectivity index (χ2n) is 44.9. The van der Waals surface area contributed by atoms with E-state index in [4.69, 9.17) is 17.7 Å². The van der Waals surface area contributed by atoms with Gasteiger partial charge in [0.25, 0.3) is 0 Å². The molecule has 6 atom stereocenters. The van der Waals surface area contributed by atoms with Crippen molar-refractivity contribution in [2.75, 3.05) is 19.6 Å². The normalized spacial score (nSPS) is 21.0. The molecule has 0 amide bonds. The number of anilines is 10. The first-order valence-electron chi connectivity index (χ1n) is 48.4. The van der Waals surface area contributed by atoms with Crippen LogP contribution in [-0.4, -0.2) is 20.2 Å². The summed E-state index contributed by atoms with van der Waals surface area (Å²) in [5.74, 6) is -0.0294. The van der Waals surface area contributed by atoms with Crippen LogP contribution in [-0.2, 0) is 32.5 Å². The van der Waals surface area contributed by atoms with E-state index >= 15 is 0 Å². The fourth-order valence-corrected chi connectivity index (χ4v) is 26.6. The van der Waals surface area contributed by atoms with Gasteiger partial charge >= 0.3 is 0 Å². The van der Waals surface area contributed by atoms with Gasteiger partial charge in [0.1, 0.15) is 27.9 Å². The molecule has 652 valence electrons. The molecule has 6 unspecified atom stereocenters. The summed E-state index contributed by atoms with van der Waals surface area (Å²) in [4.78, 5) is 10.7. The molecular weight excluding hydrogens is 1610 g/mol. The average molecular weight is 1720 g/mol. The fraction of sp³-hybridized carbons (Fsp3) is 0.279. The van der Waals surface area contributed by atoms with Crippen LogP contribution in [0.2, 0.25) is 0 Å². The molecule has 8 aliphatic rings. The van der Waals surface area contributed by atoms with Crippen LogP contribution < -0.4 is 19.6 Å². The second kappa shape index (κ2) is 26.3. The molecule has 2 aliphatic carbocycles. The second-order valence-corrected chi connectivity index (χ2v) is 44.9. The Morgan fingerprint density at radius 3 is 1.11 bits per heavy atom. The van der Waals surface area contributed by atoms with E-state index in [1.54, 1.807) is 0 Å². The lowest BCUT2D eigenvalue weighted by atomic mass is 9.61. The number of aromatic nitrogens is 2. The van der Waals surface area contributed by atoms with Crippen LogP contribution in [0.25, 0.3) is 121 Å². The zero-order valence-corrected chi connectivity index (χ0v) is 78.5. The van der Waals surface area contributed by atoms with E-state index in [-0.39, 0.29) is 55.4 Å². The van der Waals surface area contributed by atoms with Gasteiger partial charge in [-0.2, -0.15) is 0 Å². The molecule has 0 bridgehead atoms. The van der Waals surface area contributed by atoms with E-state index in [2.05, 4.69) is 406 Å². The van der Waals surface area contributed by atoms with E-state index in [9.17, 15) is 0 Å². The topological polar surface area (TPSA) is 75.4 Å². The van der Waals surface area contributed by atoms with Gasteiger partial charge in [-0.05, 0) is 208 Å². The Morgan fingerprint density at radius 1 is 0.273 bits per heavy atom. The highest BCUT2D eigenvalue weighted by molar-refractivity contribution is 6.24. The molecule has 0 N–H and O–H groups in total. The summed E-state index contributed by atoms with van der Waals surface area (Å²) in [5, 5.41) is 11.7. The molecule has 14 aromatic carbocycles. The highest BCUT2D eigenvalue weighted by atomic mass is 16.4. The lowest BCUT2D eigenvalue weighted by Gasteiger charge is -2.51. The molecule has 2 fully saturated rings. The van der Waals surface area contributed by atoms with E-state index < -0.39 is 0 Å². The van der Waals surface area contributed by atoms with Crippen molar-refractivity contribution in [1.82, 2.24) is 9.13 Å². The lowest BCUT2D eigenvalue weighted by Crippen LogP contribution is -2.54. The quantitative estimate of drug-likeness (QED) is 0.173. The first-order chi connectivity index (χ1) is 63.5. The van der Waals surface area contributed by atoms with E-state index in [1.165, 1.54) is 182 Å². The van der Waals surface area contributed by atoms with Crippen LogP contribution in [0.4, 0.5) is 56.9 Å². The van der Waals surface area contributed by atoms with Crippen molar-refractivity contribution in [1.29, 1.82) is 0 Å². The van der Waals surface area contributed by atoms with Crippen LogP contribution in [0, 0.1) is 0 Å². The number of benzene rings is 14. The molecule has 2 saturated carbocycles. The Morgan fingerprint density at radius 2 is 0.636 bits per heavy atom. The standard InChI is InChI=1S/2C61H55N3O2/c1-58(2,3)35-26-28-44-43(31-35)60(7)29-13-14-30-61(60,8)64(44)37-33-47-55-48(34-37)63-56-41(19-15-20-42(56)53-39-17-9-12-23-50(39)66-57(53)63)52(55)38-27-25-36(59(4,5)6)32-46(38)62(47)45-21-16-24-51-54(45)40-18-10-11-22-49(40)65-51;1-58(2,3)35-26-28-45-44(31-35)60(7)29-13-14-30-61(60,8)64(45)37-33-48-54-49(34-37)63-55-42(20-15-21-43(55)53-41-18-10-12-24-51(41)66-57(53)63)52(54)40-27-25-36(59(4,5)6)32-47(40)62(48)46-22-16-19-39-38-17-9-11-23-50(38)65-56(39)46/h2*9-12,15-28,31-34,52H,13-14,29-30H2,1-8H3. The summed E-state index contributed by atoms with van der Waals surface area (Å²) in [7, 11) is 0. The van der Waals surface area contributed by atoms with Crippen LogP contribution >= 0.6 is 0 Å².